The monoisotopic (exact) mass is 271 g/mol. The molecule has 7 heteroatoms. The minimum absolute atomic E-state index is 0.122. The summed E-state index contributed by atoms with van der Waals surface area (Å²) in [6.45, 7) is 1.64. The SMILES string of the molecule is CC(c1nc(C(F)(F)F)no1)C(N)c1ccccc1. The van der Waals surface area contributed by atoms with Crippen LogP contribution in [0, 0.1) is 0 Å². The predicted octanol–water partition coefficient (Wildman–Crippen LogP) is 2.89. The summed E-state index contributed by atoms with van der Waals surface area (Å²) >= 11 is 0. The van der Waals surface area contributed by atoms with Crippen molar-refractivity contribution in [3.8, 4) is 0 Å². The van der Waals surface area contributed by atoms with Crippen molar-refractivity contribution in [2.45, 2.75) is 25.1 Å². The van der Waals surface area contributed by atoms with Gasteiger partial charge in [-0.1, -0.05) is 42.4 Å². The number of hydrogen-bond acceptors (Lipinski definition) is 4. The Labute approximate surface area is 107 Å². The van der Waals surface area contributed by atoms with Gasteiger partial charge in [-0.15, -0.1) is 0 Å². The molecule has 102 valence electrons. The minimum atomic E-state index is -4.61. The number of nitrogens with zero attached hydrogens (tertiary/aromatic N) is 2. The Morgan fingerprint density at radius 2 is 1.84 bits per heavy atom. The molecule has 0 spiro atoms. The number of alkyl halides is 3. The zero-order chi connectivity index (χ0) is 14.0. The predicted molar refractivity (Wildman–Crippen MR) is 61.1 cm³/mol. The summed E-state index contributed by atoms with van der Waals surface area (Å²) in [4.78, 5) is 3.35. The van der Waals surface area contributed by atoms with Crippen LogP contribution in [-0.4, -0.2) is 10.1 Å². The molecule has 2 unspecified atom stereocenters. The Hall–Kier alpha value is -1.89. The summed E-state index contributed by atoms with van der Waals surface area (Å²) in [6, 6.07) is 8.51. The smallest absolute Gasteiger partial charge is 0.339 e. The Morgan fingerprint density at radius 3 is 2.37 bits per heavy atom. The Kier molecular flexibility index (Phi) is 3.57. The molecule has 0 saturated heterocycles. The number of hydrogen-bond donors (Lipinski definition) is 1. The number of nitrogens with two attached hydrogens (primary N) is 1. The van der Waals surface area contributed by atoms with Gasteiger partial charge in [0.1, 0.15) is 0 Å². The molecule has 4 nitrogen and oxygen atoms in total. The average Bonchev–Trinajstić information content (AvgIpc) is 2.87. The lowest BCUT2D eigenvalue weighted by Gasteiger charge is -2.16. The van der Waals surface area contributed by atoms with Gasteiger partial charge in [0.2, 0.25) is 5.89 Å². The molecule has 0 bridgehead atoms. The van der Waals surface area contributed by atoms with Gasteiger partial charge < -0.3 is 10.3 Å². The summed E-state index contributed by atoms with van der Waals surface area (Å²) < 4.78 is 41.8. The highest BCUT2D eigenvalue weighted by Crippen LogP contribution is 2.31. The van der Waals surface area contributed by atoms with E-state index in [0.717, 1.165) is 5.56 Å². The molecular formula is C12H12F3N3O. The van der Waals surface area contributed by atoms with Crippen LogP contribution in [0.4, 0.5) is 13.2 Å². The zero-order valence-electron chi connectivity index (χ0n) is 10.1. The van der Waals surface area contributed by atoms with Crippen LogP contribution in [0.15, 0.2) is 34.9 Å². The van der Waals surface area contributed by atoms with E-state index in [1.807, 2.05) is 6.07 Å². The van der Waals surface area contributed by atoms with Crippen molar-refractivity contribution in [3.63, 3.8) is 0 Å². The molecule has 2 atom stereocenters. The average molecular weight is 271 g/mol. The molecule has 1 heterocycles. The van der Waals surface area contributed by atoms with Crippen LogP contribution in [0.25, 0.3) is 0 Å². The summed E-state index contributed by atoms with van der Waals surface area (Å²) in [7, 11) is 0. The fourth-order valence-electron chi connectivity index (χ4n) is 1.65. The van der Waals surface area contributed by atoms with E-state index in [-0.39, 0.29) is 5.89 Å². The third-order valence-electron chi connectivity index (χ3n) is 2.81. The first-order valence-electron chi connectivity index (χ1n) is 5.61. The van der Waals surface area contributed by atoms with Crippen molar-refractivity contribution in [1.29, 1.82) is 0 Å². The Morgan fingerprint density at radius 1 is 1.21 bits per heavy atom. The van der Waals surface area contributed by atoms with Gasteiger partial charge in [0, 0.05) is 6.04 Å². The highest BCUT2D eigenvalue weighted by Gasteiger charge is 2.38. The molecule has 0 aliphatic heterocycles. The van der Waals surface area contributed by atoms with Crippen LogP contribution in [0.1, 0.15) is 36.2 Å². The highest BCUT2D eigenvalue weighted by atomic mass is 19.4. The second kappa shape index (κ2) is 5.00. The first kappa shape index (κ1) is 13.5. The molecule has 0 radical (unpaired) electrons. The summed E-state index contributed by atoms with van der Waals surface area (Å²) in [5.41, 5.74) is 6.77. The first-order chi connectivity index (χ1) is 8.89. The fraction of sp³-hybridized carbons (Fsp3) is 0.333. The first-order valence-corrected chi connectivity index (χ1v) is 5.61. The van der Waals surface area contributed by atoms with Crippen LogP contribution in [0.3, 0.4) is 0 Å². The van der Waals surface area contributed by atoms with Crippen LogP contribution in [0.5, 0.6) is 0 Å². The molecule has 19 heavy (non-hydrogen) atoms. The largest absolute Gasteiger partial charge is 0.455 e. The maximum absolute atomic E-state index is 12.4. The molecule has 1 aromatic heterocycles. The van der Waals surface area contributed by atoms with E-state index in [9.17, 15) is 13.2 Å². The van der Waals surface area contributed by atoms with Gasteiger partial charge in [-0.3, -0.25) is 0 Å². The van der Waals surface area contributed by atoms with Gasteiger partial charge in [-0.2, -0.15) is 18.2 Å². The minimum Gasteiger partial charge on any atom is -0.339 e. The van der Waals surface area contributed by atoms with Crippen molar-refractivity contribution < 1.29 is 17.7 Å². The van der Waals surface area contributed by atoms with Crippen LogP contribution in [0.2, 0.25) is 0 Å². The summed E-state index contributed by atoms with van der Waals surface area (Å²) in [5.74, 6) is -1.91. The maximum Gasteiger partial charge on any atom is 0.455 e. The molecule has 0 amide bonds. The second-order valence-electron chi connectivity index (χ2n) is 4.18. The van der Waals surface area contributed by atoms with E-state index in [0.29, 0.717) is 0 Å². The highest BCUT2D eigenvalue weighted by molar-refractivity contribution is 5.21. The molecule has 0 saturated carbocycles. The molecule has 0 aliphatic carbocycles. The van der Waals surface area contributed by atoms with E-state index in [1.165, 1.54) is 0 Å². The zero-order valence-corrected chi connectivity index (χ0v) is 10.1. The van der Waals surface area contributed by atoms with Gasteiger partial charge in [0.25, 0.3) is 5.82 Å². The summed E-state index contributed by atoms with van der Waals surface area (Å²) in [5, 5.41) is 2.92. The number of halogens is 3. The molecule has 2 N–H and O–H groups in total. The third-order valence-corrected chi connectivity index (χ3v) is 2.81. The third kappa shape index (κ3) is 2.93. The number of aromatic nitrogens is 2. The lowest BCUT2D eigenvalue weighted by atomic mass is 9.95. The van der Waals surface area contributed by atoms with Crippen molar-refractivity contribution in [2.24, 2.45) is 5.73 Å². The van der Waals surface area contributed by atoms with Gasteiger partial charge in [-0.05, 0) is 5.56 Å². The van der Waals surface area contributed by atoms with Crippen molar-refractivity contribution in [1.82, 2.24) is 10.1 Å². The van der Waals surface area contributed by atoms with E-state index < -0.39 is 24.0 Å². The van der Waals surface area contributed by atoms with E-state index >= 15 is 0 Å². The second-order valence-corrected chi connectivity index (χ2v) is 4.18. The standard InChI is InChI=1S/C12H12F3N3O/c1-7(9(16)8-5-3-2-4-6-8)10-17-11(18-19-10)12(13,14)15/h2-7,9H,16H2,1H3. The van der Waals surface area contributed by atoms with Crippen LogP contribution in [-0.2, 0) is 6.18 Å². The van der Waals surface area contributed by atoms with E-state index in [4.69, 9.17) is 5.73 Å². The van der Waals surface area contributed by atoms with Crippen molar-refractivity contribution in [3.05, 3.63) is 47.6 Å². The Balaban J connectivity index is 2.20. The molecule has 2 rings (SSSR count). The van der Waals surface area contributed by atoms with Gasteiger partial charge in [0.05, 0.1) is 5.92 Å². The van der Waals surface area contributed by atoms with Crippen molar-refractivity contribution in [2.75, 3.05) is 0 Å². The quantitative estimate of drug-likeness (QED) is 0.932. The maximum atomic E-state index is 12.4. The Bertz CT molecular complexity index is 539. The van der Waals surface area contributed by atoms with E-state index in [2.05, 4.69) is 14.7 Å². The number of rotatable bonds is 3. The fourth-order valence-corrected chi connectivity index (χ4v) is 1.65. The van der Waals surface area contributed by atoms with Gasteiger partial charge >= 0.3 is 6.18 Å². The van der Waals surface area contributed by atoms with Gasteiger partial charge in [-0.25, -0.2) is 0 Å². The topological polar surface area (TPSA) is 64.9 Å². The molecule has 0 fully saturated rings. The van der Waals surface area contributed by atoms with Gasteiger partial charge in [0.15, 0.2) is 0 Å². The lowest BCUT2D eigenvalue weighted by Crippen LogP contribution is -2.18. The van der Waals surface area contributed by atoms with Crippen LogP contribution < -0.4 is 5.73 Å². The van der Waals surface area contributed by atoms with Crippen LogP contribution >= 0.6 is 0 Å². The number of benzene rings is 1. The normalized spacial score (nSPS) is 15.2. The lowest BCUT2D eigenvalue weighted by molar-refractivity contribution is -0.146. The molecular weight excluding hydrogens is 259 g/mol. The summed E-state index contributed by atoms with van der Waals surface area (Å²) in [6.07, 6.45) is -4.61. The molecule has 2 aromatic rings. The van der Waals surface area contributed by atoms with E-state index in [1.54, 1.807) is 31.2 Å². The molecule has 1 aromatic carbocycles. The molecule has 0 aliphatic rings. The van der Waals surface area contributed by atoms with Crippen molar-refractivity contribution >= 4 is 0 Å².